The monoisotopic (exact) mass is 327 g/mol. The van der Waals surface area contributed by atoms with Crippen LogP contribution in [0.3, 0.4) is 0 Å². The second-order valence-electron chi connectivity index (χ2n) is 6.18. The second kappa shape index (κ2) is 7.24. The van der Waals surface area contributed by atoms with Crippen molar-refractivity contribution in [3.8, 4) is 11.5 Å². The molecule has 0 spiro atoms. The Bertz CT molecular complexity index is 687. The Morgan fingerprint density at radius 3 is 2.42 bits per heavy atom. The van der Waals surface area contributed by atoms with E-state index < -0.39 is 0 Å². The summed E-state index contributed by atoms with van der Waals surface area (Å²) < 4.78 is 10.9. The van der Waals surface area contributed by atoms with E-state index in [-0.39, 0.29) is 18.7 Å². The maximum atomic E-state index is 9.99. The van der Waals surface area contributed by atoms with Crippen LogP contribution in [0.2, 0.25) is 0 Å². The van der Waals surface area contributed by atoms with Gasteiger partial charge in [-0.2, -0.15) is 0 Å². The Morgan fingerprint density at radius 1 is 1.12 bits per heavy atom. The average Bonchev–Trinajstić information content (AvgIpc) is 2.64. The Labute approximate surface area is 143 Å². The van der Waals surface area contributed by atoms with Gasteiger partial charge in [0.05, 0.1) is 26.9 Å². The molecule has 0 aliphatic carbocycles. The molecule has 4 heteroatoms. The van der Waals surface area contributed by atoms with Gasteiger partial charge in [0.25, 0.3) is 0 Å². The molecular formula is C20H25NO3. The minimum absolute atomic E-state index is 0.00227. The largest absolute Gasteiger partial charge is 0.493 e. The van der Waals surface area contributed by atoms with Crippen molar-refractivity contribution in [1.29, 1.82) is 0 Å². The predicted octanol–water partition coefficient (Wildman–Crippen LogP) is 3.36. The number of hydrogen-bond donors (Lipinski definition) is 1. The quantitative estimate of drug-likeness (QED) is 0.914. The van der Waals surface area contributed by atoms with Crippen molar-refractivity contribution in [3.05, 3.63) is 59.2 Å². The minimum Gasteiger partial charge on any atom is -0.493 e. The lowest BCUT2D eigenvalue weighted by Gasteiger charge is -2.40. The number of benzene rings is 2. The van der Waals surface area contributed by atoms with E-state index in [4.69, 9.17) is 9.47 Å². The number of hydrogen-bond acceptors (Lipinski definition) is 4. The van der Waals surface area contributed by atoms with Gasteiger partial charge in [-0.1, -0.05) is 30.3 Å². The van der Waals surface area contributed by atoms with Crippen molar-refractivity contribution in [2.45, 2.75) is 25.4 Å². The van der Waals surface area contributed by atoms with Gasteiger partial charge in [0, 0.05) is 12.6 Å². The van der Waals surface area contributed by atoms with E-state index >= 15 is 0 Å². The first-order valence-electron chi connectivity index (χ1n) is 8.36. The smallest absolute Gasteiger partial charge is 0.161 e. The lowest BCUT2D eigenvalue weighted by Crippen LogP contribution is -2.38. The molecular weight excluding hydrogens is 302 g/mol. The Balaban J connectivity index is 1.95. The summed E-state index contributed by atoms with van der Waals surface area (Å²) in [5.74, 6) is 1.53. The first kappa shape index (κ1) is 16.8. The van der Waals surface area contributed by atoms with Crippen molar-refractivity contribution in [1.82, 2.24) is 4.90 Å². The number of ether oxygens (including phenoxy) is 2. The number of methoxy groups -OCH3 is 2. The van der Waals surface area contributed by atoms with Crippen molar-refractivity contribution in [2.75, 3.05) is 27.4 Å². The lowest BCUT2D eigenvalue weighted by atomic mass is 9.90. The molecule has 128 valence electrons. The first-order valence-corrected chi connectivity index (χ1v) is 8.36. The lowest BCUT2D eigenvalue weighted by molar-refractivity contribution is 0.0819. The fourth-order valence-electron chi connectivity index (χ4n) is 3.67. The predicted molar refractivity (Wildman–Crippen MR) is 94.6 cm³/mol. The van der Waals surface area contributed by atoms with E-state index in [2.05, 4.69) is 36.1 Å². The van der Waals surface area contributed by atoms with E-state index in [1.807, 2.05) is 18.2 Å². The van der Waals surface area contributed by atoms with Gasteiger partial charge in [-0.15, -0.1) is 0 Å². The topological polar surface area (TPSA) is 41.9 Å². The maximum Gasteiger partial charge on any atom is 0.161 e. The Kier molecular flexibility index (Phi) is 5.07. The molecule has 1 heterocycles. The molecule has 0 saturated carbocycles. The van der Waals surface area contributed by atoms with Gasteiger partial charge in [-0.3, -0.25) is 4.90 Å². The van der Waals surface area contributed by atoms with Gasteiger partial charge in [-0.25, -0.2) is 0 Å². The average molecular weight is 327 g/mol. The van der Waals surface area contributed by atoms with Crippen LogP contribution in [0.25, 0.3) is 0 Å². The summed E-state index contributed by atoms with van der Waals surface area (Å²) in [6, 6.07) is 14.6. The van der Waals surface area contributed by atoms with Gasteiger partial charge in [-0.05, 0) is 42.2 Å². The number of aliphatic hydroxyl groups is 1. The van der Waals surface area contributed by atoms with Crippen molar-refractivity contribution < 1.29 is 14.6 Å². The van der Waals surface area contributed by atoms with Crippen LogP contribution in [-0.2, 0) is 6.42 Å². The number of fused-ring (bicyclic) bond motifs is 1. The number of aliphatic hydroxyl groups excluding tert-OH is 1. The molecule has 0 radical (unpaired) electrons. The molecule has 0 amide bonds. The molecule has 2 aromatic carbocycles. The highest BCUT2D eigenvalue weighted by atomic mass is 16.5. The van der Waals surface area contributed by atoms with Crippen molar-refractivity contribution >= 4 is 0 Å². The third-order valence-corrected chi connectivity index (χ3v) is 4.99. The van der Waals surface area contributed by atoms with Gasteiger partial charge in [0.15, 0.2) is 11.5 Å². The van der Waals surface area contributed by atoms with E-state index in [1.165, 1.54) is 11.1 Å². The molecule has 4 nitrogen and oxygen atoms in total. The molecule has 0 fully saturated rings. The third kappa shape index (κ3) is 2.99. The van der Waals surface area contributed by atoms with Crippen molar-refractivity contribution in [2.24, 2.45) is 0 Å². The Morgan fingerprint density at radius 2 is 1.79 bits per heavy atom. The van der Waals surface area contributed by atoms with E-state index in [0.717, 1.165) is 30.0 Å². The van der Waals surface area contributed by atoms with Gasteiger partial charge in [0.1, 0.15) is 0 Å². The molecule has 1 aliphatic rings. The summed E-state index contributed by atoms with van der Waals surface area (Å²) >= 11 is 0. The molecule has 2 atom stereocenters. The fourth-order valence-corrected chi connectivity index (χ4v) is 3.67. The molecule has 2 aromatic rings. The summed E-state index contributed by atoms with van der Waals surface area (Å²) in [6.07, 6.45) is 0.934. The van der Waals surface area contributed by atoms with E-state index in [0.29, 0.717) is 0 Å². The molecule has 3 rings (SSSR count). The van der Waals surface area contributed by atoms with E-state index in [1.54, 1.807) is 14.2 Å². The van der Waals surface area contributed by atoms with Crippen LogP contribution < -0.4 is 9.47 Å². The van der Waals surface area contributed by atoms with Gasteiger partial charge < -0.3 is 14.6 Å². The minimum atomic E-state index is 0.00227. The fraction of sp³-hybridized carbons (Fsp3) is 0.400. The SMILES string of the molecule is COc1cc2c(cc1OC)[C@H](C)N([C@H](CO)c1ccccc1)CC2. The van der Waals surface area contributed by atoms with Crippen LogP contribution in [0.4, 0.5) is 0 Å². The second-order valence-corrected chi connectivity index (χ2v) is 6.18. The van der Waals surface area contributed by atoms with Crippen LogP contribution in [0.15, 0.2) is 42.5 Å². The summed E-state index contributed by atoms with van der Waals surface area (Å²) in [4.78, 5) is 2.36. The summed E-state index contributed by atoms with van der Waals surface area (Å²) in [6.45, 7) is 3.20. The standard InChI is InChI=1S/C20H25NO3/c1-14-17-12-20(24-3)19(23-2)11-16(17)9-10-21(14)18(13-22)15-7-5-4-6-8-15/h4-8,11-12,14,18,22H,9-10,13H2,1-3H3/t14-,18+/m0/s1. The number of rotatable bonds is 5. The Hall–Kier alpha value is -2.04. The highest BCUT2D eigenvalue weighted by Gasteiger charge is 2.31. The zero-order valence-corrected chi connectivity index (χ0v) is 14.5. The van der Waals surface area contributed by atoms with Crippen LogP contribution in [0, 0.1) is 0 Å². The summed E-state index contributed by atoms with van der Waals surface area (Å²) in [7, 11) is 3.33. The number of nitrogens with zero attached hydrogens (tertiary/aromatic N) is 1. The van der Waals surface area contributed by atoms with Crippen LogP contribution in [-0.4, -0.2) is 37.4 Å². The summed E-state index contributed by atoms with van der Waals surface area (Å²) in [5.41, 5.74) is 3.69. The molecule has 0 unspecified atom stereocenters. The molecule has 24 heavy (non-hydrogen) atoms. The third-order valence-electron chi connectivity index (χ3n) is 4.99. The summed E-state index contributed by atoms with van der Waals surface area (Å²) in [5, 5.41) is 9.99. The molecule has 1 aliphatic heterocycles. The van der Waals surface area contributed by atoms with Crippen LogP contribution in [0.1, 0.15) is 35.7 Å². The highest BCUT2D eigenvalue weighted by Crippen LogP contribution is 2.40. The first-order chi connectivity index (χ1) is 11.7. The van der Waals surface area contributed by atoms with Crippen LogP contribution in [0.5, 0.6) is 11.5 Å². The maximum absolute atomic E-state index is 9.99. The van der Waals surface area contributed by atoms with Gasteiger partial charge >= 0.3 is 0 Å². The van der Waals surface area contributed by atoms with Crippen molar-refractivity contribution in [3.63, 3.8) is 0 Å². The molecule has 0 saturated heterocycles. The zero-order valence-electron chi connectivity index (χ0n) is 14.5. The molecule has 0 bridgehead atoms. The highest BCUT2D eigenvalue weighted by molar-refractivity contribution is 5.49. The zero-order chi connectivity index (χ0) is 17.1. The molecule has 0 aromatic heterocycles. The normalized spacial score (nSPS) is 18.8. The molecule has 1 N–H and O–H groups in total. The van der Waals surface area contributed by atoms with E-state index in [9.17, 15) is 5.11 Å². The van der Waals surface area contributed by atoms with Gasteiger partial charge in [0.2, 0.25) is 0 Å². The van der Waals surface area contributed by atoms with Crippen LogP contribution >= 0.6 is 0 Å².